The summed E-state index contributed by atoms with van der Waals surface area (Å²) >= 11 is 0. The molecule has 1 heterocycles. The van der Waals surface area contributed by atoms with Crippen LogP contribution in [0.1, 0.15) is 19.3 Å². The number of carbonyl (C=O) groups is 3. The summed E-state index contributed by atoms with van der Waals surface area (Å²) in [5.74, 6) is -1.84. The van der Waals surface area contributed by atoms with E-state index in [-0.39, 0.29) is 25.9 Å². The lowest BCUT2D eigenvalue weighted by molar-refractivity contribution is -0.189. The van der Waals surface area contributed by atoms with Gasteiger partial charge >= 0.3 is 5.97 Å². The second-order valence-corrected chi connectivity index (χ2v) is 2.56. The number of carbonyl (C=O) groups excluding carboxylic acids is 2. The fraction of sp³-hybridized carbons (Fsp3) is 0.571. The van der Waals surface area contributed by atoms with Crippen molar-refractivity contribution in [1.82, 2.24) is 5.06 Å². The lowest BCUT2D eigenvalue weighted by atomic mass is 10.4. The number of nitrogens with zero attached hydrogens (tertiary/aromatic N) is 1. The molecule has 0 aromatic heterocycles. The van der Waals surface area contributed by atoms with Crippen LogP contribution >= 0.6 is 0 Å². The molecular weight excluding hydrogens is 178 g/mol. The Morgan fingerprint density at radius 1 is 1.38 bits per heavy atom. The normalized spacial score (nSPS) is 16.8. The Morgan fingerprint density at radius 3 is 2.38 bits per heavy atom. The van der Waals surface area contributed by atoms with Gasteiger partial charge in [-0.3, -0.25) is 19.2 Å². The minimum atomic E-state index is -1.03. The topological polar surface area (TPSA) is 83.9 Å². The van der Waals surface area contributed by atoms with E-state index in [0.29, 0.717) is 5.06 Å². The average molecular weight is 187 g/mol. The van der Waals surface area contributed by atoms with Gasteiger partial charge in [0.1, 0.15) is 0 Å². The molecule has 1 saturated heterocycles. The van der Waals surface area contributed by atoms with Crippen molar-refractivity contribution in [2.75, 3.05) is 6.61 Å². The van der Waals surface area contributed by atoms with Crippen molar-refractivity contribution in [2.24, 2.45) is 0 Å². The Balaban J connectivity index is 2.31. The van der Waals surface area contributed by atoms with E-state index >= 15 is 0 Å². The molecular formula is C7H9NO5. The molecule has 1 aliphatic rings. The van der Waals surface area contributed by atoms with Gasteiger partial charge in [-0.1, -0.05) is 0 Å². The molecule has 13 heavy (non-hydrogen) atoms. The minimum absolute atomic E-state index is 0.145. The van der Waals surface area contributed by atoms with Crippen LogP contribution in [0.15, 0.2) is 0 Å². The Kier molecular flexibility index (Phi) is 2.97. The summed E-state index contributed by atoms with van der Waals surface area (Å²) in [6.07, 6.45) is 0.0644. The van der Waals surface area contributed by atoms with Crippen LogP contribution in [0.2, 0.25) is 0 Å². The molecule has 1 rings (SSSR count). The van der Waals surface area contributed by atoms with Crippen LogP contribution in [0.3, 0.4) is 0 Å². The monoisotopic (exact) mass is 187 g/mol. The van der Waals surface area contributed by atoms with Crippen molar-refractivity contribution < 1.29 is 24.3 Å². The Labute approximate surface area is 74.0 Å². The van der Waals surface area contributed by atoms with Gasteiger partial charge in [-0.05, 0) is 0 Å². The molecule has 0 bridgehead atoms. The lowest BCUT2D eigenvalue weighted by Crippen LogP contribution is -2.30. The number of carboxylic acids is 1. The summed E-state index contributed by atoms with van der Waals surface area (Å²) < 4.78 is 0. The maximum Gasteiger partial charge on any atom is 0.305 e. The molecule has 1 N–H and O–H groups in total. The molecule has 0 atom stereocenters. The maximum absolute atomic E-state index is 10.9. The van der Waals surface area contributed by atoms with E-state index in [1.165, 1.54) is 0 Å². The molecule has 6 heteroatoms. The van der Waals surface area contributed by atoms with Crippen molar-refractivity contribution in [3.63, 3.8) is 0 Å². The molecule has 1 fully saturated rings. The second kappa shape index (κ2) is 3.99. The van der Waals surface area contributed by atoms with E-state index in [1.54, 1.807) is 0 Å². The molecule has 0 aromatic carbocycles. The first-order valence-electron chi connectivity index (χ1n) is 3.82. The van der Waals surface area contributed by atoms with Crippen LogP contribution in [-0.4, -0.2) is 34.6 Å². The average Bonchev–Trinajstić information content (AvgIpc) is 2.34. The predicted octanol–water partition coefficient (Wildman–Crippen LogP) is -0.458. The van der Waals surface area contributed by atoms with Crippen molar-refractivity contribution in [3.05, 3.63) is 0 Å². The van der Waals surface area contributed by atoms with E-state index in [9.17, 15) is 14.4 Å². The van der Waals surface area contributed by atoms with Crippen molar-refractivity contribution in [3.8, 4) is 0 Å². The highest BCUT2D eigenvalue weighted by Gasteiger charge is 2.30. The zero-order valence-corrected chi connectivity index (χ0v) is 6.86. The first kappa shape index (κ1) is 9.66. The van der Waals surface area contributed by atoms with Gasteiger partial charge in [0.05, 0.1) is 13.0 Å². The SMILES string of the molecule is O=C(O)CCON1C(=O)CCC1=O. The summed E-state index contributed by atoms with van der Waals surface area (Å²) in [6, 6.07) is 0. The third-order valence-electron chi connectivity index (χ3n) is 1.54. The van der Waals surface area contributed by atoms with Crippen LogP contribution in [0, 0.1) is 0 Å². The highest BCUT2D eigenvalue weighted by atomic mass is 16.7. The van der Waals surface area contributed by atoms with Crippen LogP contribution < -0.4 is 0 Å². The predicted molar refractivity (Wildman–Crippen MR) is 39.3 cm³/mol. The standard InChI is InChI=1S/C7H9NO5/c9-5-1-2-6(10)8(5)13-4-3-7(11)12/h1-4H2,(H,11,12). The zero-order chi connectivity index (χ0) is 9.84. The third-order valence-corrected chi connectivity index (χ3v) is 1.54. The molecule has 0 spiro atoms. The number of carboxylic acid groups (broad SMARTS) is 1. The van der Waals surface area contributed by atoms with Gasteiger partial charge < -0.3 is 5.11 Å². The fourth-order valence-electron chi connectivity index (χ4n) is 0.924. The zero-order valence-electron chi connectivity index (χ0n) is 6.86. The van der Waals surface area contributed by atoms with Gasteiger partial charge in [0, 0.05) is 12.8 Å². The smallest absolute Gasteiger partial charge is 0.305 e. The van der Waals surface area contributed by atoms with Crippen molar-refractivity contribution in [2.45, 2.75) is 19.3 Å². The third kappa shape index (κ3) is 2.51. The number of imide groups is 1. The number of amides is 2. The molecule has 72 valence electrons. The van der Waals surface area contributed by atoms with E-state index < -0.39 is 17.8 Å². The Morgan fingerprint density at radius 2 is 1.92 bits per heavy atom. The summed E-state index contributed by atoms with van der Waals surface area (Å²) in [5.41, 5.74) is 0. The minimum Gasteiger partial charge on any atom is -0.481 e. The van der Waals surface area contributed by atoms with Gasteiger partial charge in [0.15, 0.2) is 0 Å². The molecule has 0 aromatic rings. The quantitative estimate of drug-likeness (QED) is 0.602. The first-order chi connectivity index (χ1) is 6.11. The first-order valence-corrected chi connectivity index (χ1v) is 3.82. The van der Waals surface area contributed by atoms with Gasteiger partial charge in [0.25, 0.3) is 11.8 Å². The van der Waals surface area contributed by atoms with Gasteiger partial charge in [-0.2, -0.15) is 5.06 Å². The molecule has 6 nitrogen and oxygen atoms in total. The summed E-state index contributed by atoms with van der Waals surface area (Å²) in [7, 11) is 0. The number of aliphatic carboxylic acids is 1. The number of hydrogen-bond acceptors (Lipinski definition) is 4. The molecule has 0 unspecified atom stereocenters. The molecule has 2 amide bonds. The lowest BCUT2D eigenvalue weighted by Gasteiger charge is -2.11. The molecule has 0 radical (unpaired) electrons. The van der Waals surface area contributed by atoms with E-state index in [4.69, 9.17) is 9.94 Å². The van der Waals surface area contributed by atoms with Crippen LogP contribution in [-0.2, 0) is 19.2 Å². The number of hydrogen-bond donors (Lipinski definition) is 1. The van der Waals surface area contributed by atoms with Crippen LogP contribution in [0.5, 0.6) is 0 Å². The molecule has 0 aliphatic carbocycles. The van der Waals surface area contributed by atoms with Crippen molar-refractivity contribution in [1.29, 1.82) is 0 Å². The van der Waals surface area contributed by atoms with E-state index in [1.807, 2.05) is 0 Å². The highest BCUT2D eigenvalue weighted by Crippen LogP contribution is 2.11. The van der Waals surface area contributed by atoms with Crippen LogP contribution in [0.25, 0.3) is 0 Å². The highest BCUT2D eigenvalue weighted by molar-refractivity contribution is 6.00. The summed E-state index contributed by atoms with van der Waals surface area (Å²) in [4.78, 5) is 36.5. The van der Waals surface area contributed by atoms with Gasteiger partial charge in [-0.25, -0.2) is 0 Å². The Hall–Kier alpha value is -1.43. The number of hydroxylamine groups is 2. The molecule has 1 aliphatic heterocycles. The van der Waals surface area contributed by atoms with E-state index in [0.717, 1.165) is 0 Å². The summed E-state index contributed by atoms with van der Waals surface area (Å²) in [5, 5.41) is 8.89. The summed E-state index contributed by atoms with van der Waals surface area (Å²) in [6.45, 7) is -0.160. The van der Waals surface area contributed by atoms with E-state index in [2.05, 4.69) is 0 Å². The fourth-order valence-corrected chi connectivity index (χ4v) is 0.924. The largest absolute Gasteiger partial charge is 0.481 e. The van der Waals surface area contributed by atoms with Crippen molar-refractivity contribution >= 4 is 17.8 Å². The Bertz CT molecular complexity index is 233. The van der Waals surface area contributed by atoms with Gasteiger partial charge in [0.2, 0.25) is 0 Å². The van der Waals surface area contributed by atoms with Gasteiger partial charge in [-0.15, -0.1) is 0 Å². The maximum atomic E-state index is 10.9. The molecule has 0 saturated carbocycles. The number of rotatable bonds is 4. The van der Waals surface area contributed by atoms with Crippen LogP contribution in [0.4, 0.5) is 0 Å². The second-order valence-electron chi connectivity index (χ2n) is 2.56.